The molecule has 0 aliphatic rings. The van der Waals surface area contributed by atoms with Crippen LogP contribution in [-0.4, -0.2) is 28.0 Å². The van der Waals surface area contributed by atoms with Crippen molar-refractivity contribution in [1.82, 2.24) is 0 Å². The number of alkyl halides is 1. The number of nitro groups is 1. The Balaban J connectivity index is 3.01. The summed E-state index contributed by atoms with van der Waals surface area (Å²) in [6.07, 6.45) is 10.8. The van der Waals surface area contributed by atoms with Gasteiger partial charge >= 0.3 is 0 Å². The Bertz CT molecular complexity index is 203. The van der Waals surface area contributed by atoms with Gasteiger partial charge in [0.05, 0.1) is 6.10 Å². The molecule has 108 valence electrons. The lowest BCUT2D eigenvalue weighted by Crippen LogP contribution is -2.06. The van der Waals surface area contributed by atoms with E-state index in [1.165, 1.54) is 32.1 Å². The van der Waals surface area contributed by atoms with E-state index in [9.17, 15) is 15.2 Å². The van der Waals surface area contributed by atoms with Gasteiger partial charge < -0.3 is 5.11 Å². The summed E-state index contributed by atoms with van der Waals surface area (Å²) in [5.74, 6) is 0. The molecular formula is C13H26BrNO3. The molecule has 0 aliphatic heterocycles. The fraction of sp³-hybridized carbons (Fsp3) is 1.00. The largest absolute Gasteiger partial charge is 0.392 e. The van der Waals surface area contributed by atoms with Gasteiger partial charge in [-0.05, 0) is 12.8 Å². The van der Waals surface area contributed by atoms with Crippen molar-refractivity contribution in [3.63, 3.8) is 0 Å². The summed E-state index contributed by atoms with van der Waals surface area (Å²) in [5, 5.41) is 20.1. The van der Waals surface area contributed by atoms with Crippen molar-refractivity contribution in [2.75, 3.05) is 11.9 Å². The third-order valence-electron chi connectivity index (χ3n) is 3.06. The highest BCUT2D eigenvalue weighted by Gasteiger charge is 2.00. The molecule has 1 N–H and O–H groups in total. The molecule has 0 amide bonds. The number of aliphatic hydroxyl groups is 1. The number of unbranched alkanes of at least 4 members (excludes halogenated alkanes) is 8. The number of halogens is 1. The van der Waals surface area contributed by atoms with Gasteiger partial charge in [0.2, 0.25) is 6.54 Å². The van der Waals surface area contributed by atoms with E-state index in [2.05, 4.69) is 15.9 Å². The van der Waals surface area contributed by atoms with Crippen molar-refractivity contribution < 1.29 is 10.0 Å². The second kappa shape index (κ2) is 13.3. The number of rotatable bonds is 13. The Morgan fingerprint density at radius 2 is 1.39 bits per heavy atom. The first kappa shape index (κ1) is 17.8. The zero-order valence-corrected chi connectivity index (χ0v) is 12.7. The molecule has 1 unspecified atom stereocenters. The molecule has 5 heteroatoms. The van der Waals surface area contributed by atoms with Gasteiger partial charge in [-0.2, -0.15) is 0 Å². The zero-order chi connectivity index (χ0) is 13.6. The Kier molecular flexibility index (Phi) is 13.2. The molecule has 0 heterocycles. The lowest BCUT2D eigenvalue weighted by atomic mass is 10.1. The maximum atomic E-state index is 10.1. The average molecular weight is 324 g/mol. The minimum atomic E-state index is -0.235. The third kappa shape index (κ3) is 13.9. The predicted octanol–water partition coefficient (Wildman–Crippen LogP) is 3.92. The van der Waals surface area contributed by atoms with Crippen LogP contribution in [-0.2, 0) is 0 Å². The highest BCUT2D eigenvalue weighted by molar-refractivity contribution is 9.09. The molecule has 0 fully saturated rings. The van der Waals surface area contributed by atoms with Gasteiger partial charge in [-0.3, -0.25) is 10.1 Å². The van der Waals surface area contributed by atoms with E-state index in [1.807, 2.05) is 0 Å². The minimum Gasteiger partial charge on any atom is -0.392 e. The number of hydrogen-bond acceptors (Lipinski definition) is 3. The van der Waals surface area contributed by atoms with Crippen LogP contribution < -0.4 is 0 Å². The smallest absolute Gasteiger partial charge is 0.203 e. The van der Waals surface area contributed by atoms with Crippen LogP contribution in [0.2, 0.25) is 0 Å². The third-order valence-corrected chi connectivity index (χ3v) is 3.80. The summed E-state index contributed by atoms with van der Waals surface area (Å²) in [5.41, 5.74) is 0. The van der Waals surface area contributed by atoms with Crippen molar-refractivity contribution in [3.8, 4) is 0 Å². The topological polar surface area (TPSA) is 63.4 Å². The van der Waals surface area contributed by atoms with Crippen molar-refractivity contribution in [1.29, 1.82) is 0 Å². The van der Waals surface area contributed by atoms with Crippen LogP contribution in [0.1, 0.15) is 64.2 Å². The molecular weight excluding hydrogens is 298 g/mol. The van der Waals surface area contributed by atoms with E-state index in [4.69, 9.17) is 0 Å². The van der Waals surface area contributed by atoms with Crippen LogP contribution in [0.15, 0.2) is 0 Å². The molecule has 4 nitrogen and oxygen atoms in total. The van der Waals surface area contributed by atoms with Gasteiger partial charge in [0.25, 0.3) is 0 Å². The summed E-state index contributed by atoms with van der Waals surface area (Å²) < 4.78 is 0. The molecule has 0 aromatic heterocycles. The normalized spacial score (nSPS) is 12.6. The van der Waals surface area contributed by atoms with Gasteiger partial charge in [-0.15, -0.1) is 0 Å². The van der Waals surface area contributed by atoms with Crippen molar-refractivity contribution in [3.05, 3.63) is 10.1 Å². The van der Waals surface area contributed by atoms with Gasteiger partial charge in [-0.1, -0.05) is 60.9 Å². The van der Waals surface area contributed by atoms with E-state index in [0.29, 0.717) is 5.33 Å². The standard InChI is InChI=1S/C13H26BrNO3/c14-12-13(16)10-8-6-4-2-1-3-5-7-9-11-15(17)18/h13,16H,1-12H2. The summed E-state index contributed by atoms with van der Waals surface area (Å²) in [7, 11) is 0. The highest BCUT2D eigenvalue weighted by Crippen LogP contribution is 2.11. The summed E-state index contributed by atoms with van der Waals surface area (Å²) >= 11 is 3.26. The minimum absolute atomic E-state index is 0.121. The Morgan fingerprint density at radius 1 is 0.944 bits per heavy atom. The average Bonchev–Trinajstić information content (AvgIpc) is 2.35. The zero-order valence-electron chi connectivity index (χ0n) is 11.2. The number of nitrogens with zero attached hydrogens (tertiary/aromatic N) is 1. The molecule has 0 bridgehead atoms. The molecule has 18 heavy (non-hydrogen) atoms. The van der Waals surface area contributed by atoms with Crippen molar-refractivity contribution >= 4 is 15.9 Å². The van der Waals surface area contributed by atoms with E-state index in [1.54, 1.807) is 0 Å². The quantitative estimate of drug-likeness (QED) is 0.242. The van der Waals surface area contributed by atoms with Gasteiger partial charge in [0.15, 0.2) is 0 Å². The monoisotopic (exact) mass is 323 g/mol. The van der Waals surface area contributed by atoms with Crippen molar-refractivity contribution in [2.24, 2.45) is 0 Å². The SMILES string of the molecule is O=[N+]([O-])CCCCCCCCCCCC(O)CBr. The fourth-order valence-electron chi connectivity index (χ4n) is 1.94. The maximum absolute atomic E-state index is 10.1. The van der Waals surface area contributed by atoms with Crippen LogP contribution >= 0.6 is 15.9 Å². The lowest BCUT2D eigenvalue weighted by Gasteiger charge is -2.06. The summed E-state index contributed by atoms with van der Waals surface area (Å²) in [6.45, 7) is 0.121. The Hall–Kier alpha value is -0.160. The van der Waals surface area contributed by atoms with E-state index in [0.717, 1.165) is 32.1 Å². The van der Waals surface area contributed by atoms with E-state index in [-0.39, 0.29) is 17.6 Å². The Labute approximate surface area is 118 Å². The first-order valence-electron chi connectivity index (χ1n) is 7.02. The van der Waals surface area contributed by atoms with Crippen molar-refractivity contribution in [2.45, 2.75) is 70.3 Å². The summed E-state index contributed by atoms with van der Waals surface area (Å²) in [4.78, 5) is 9.85. The molecule has 1 atom stereocenters. The highest BCUT2D eigenvalue weighted by atomic mass is 79.9. The van der Waals surface area contributed by atoms with E-state index >= 15 is 0 Å². The fourth-order valence-corrected chi connectivity index (χ4v) is 2.26. The predicted molar refractivity (Wildman–Crippen MR) is 77.8 cm³/mol. The van der Waals surface area contributed by atoms with Crippen LogP contribution in [0.25, 0.3) is 0 Å². The second-order valence-corrected chi connectivity index (χ2v) is 5.48. The molecule has 0 rings (SSSR count). The lowest BCUT2D eigenvalue weighted by molar-refractivity contribution is -0.480. The van der Waals surface area contributed by atoms with Crippen LogP contribution in [0.3, 0.4) is 0 Å². The molecule has 0 saturated carbocycles. The number of aliphatic hydroxyl groups excluding tert-OH is 1. The first-order valence-corrected chi connectivity index (χ1v) is 8.14. The van der Waals surface area contributed by atoms with Crippen LogP contribution in [0.5, 0.6) is 0 Å². The van der Waals surface area contributed by atoms with Gasteiger partial charge in [0.1, 0.15) is 0 Å². The molecule has 0 aromatic rings. The molecule has 0 aliphatic carbocycles. The first-order chi connectivity index (χ1) is 8.66. The molecule has 0 spiro atoms. The van der Waals surface area contributed by atoms with Gasteiger partial charge in [-0.25, -0.2) is 0 Å². The molecule has 0 aromatic carbocycles. The summed E-state index contributed by atoms with van der Waals surface area (Å²) in [6, 6.07) is 0. The van der Waals surface area contributed by atoms with E-state index < -0.39 is 0 Å². The van der Waals surface area contributed by atoms with Crippen LogP contribution in [0.4, 0.5) is 0 Å². The number of hydrogen-bond donors (Lipinski definition) is 1. The van der Waals surface area contributed by atoms with Crippen LogP contribution in [0, 0.1) is 10.1 Å². The second-order valence-electron chi connectivity index (χ2n) is 4.84. The molecule has 0 radical (unpaired) electrons. The maximum Gasteiger partial charge on any atom is 0.203 e. The molecule has 0 saturated heterocycles. The van der Waals surface area contributed by atoms with Gasteiger partial charge in [0, 0.05) is 16.7 Å². The Morgan fingerprint density at radius 3 is 1.83 bits per heavy atom.